The maximum Gasteiger partial charge on any atom is 0.436 e. The van der Waals surface area contributed by atoms with E-state index in [1.165, 1.54) is 0 Å². The van der Waals surface area contributed by atoms with E-state index >= 15 is 0 Å². The molecule has 2 bridgehead atoms. The van der Waals surface area contributed by atoms with Gasteiger partial charge in [-0.3, -0.25) is 4.79 Å². The number of fused-ring (bicyclic) bond motifs is 1. The van der Waals surface area contributed by atoms with Crippen LogP contribution in [0.5, 0.6) is 0 Å². The number of amides is 3. The first-order valence-corrected chi connectivity index (χ1v) is 8.76. The highest BCUT2D eigenvalue weighted by Gasteiger charge is 2.53. The smallest absolute Gasteiger partial charge is 0.436 e. The zero-order chi connectivity index (χ0) is 18.9. The summed E-state index contributed by atoms with van der Waals surface area (Å²) >= 11 is 0. The Hall–Kier alpha value is -2.05. The Morgan fingerprint density at radius 3 is 2.24 bits per heavy atom. The molecular weight excluding hydrogens is 324 g/mol. The summed E-state index contributed by atoms with van der Waals surface area (Å²) in [5.41, 5.74) is 2.80. The lowest BCUT2D eigenvalue weighted by atomic mass is 9.49. The van der Waals surface area contributed by atoms with E-state index in [0.717, 1.165) is 12.8 Å². The Labute approximate surface area is 148 Å². The number of hydrogen-bond donors (Lipinski definition) is 1. The van der Waals surface area contributed by atoms with Crippen LogP contribution in [0.15, 0.2) is 11.6 Å². The summed E-state index contributed by atoms with van der Waals surface area (Å²) in [6, 6.07) is 0. The average Bonchev–Trinajstić information content (AvgIpc) is 2.50. The molecule has 1 N–H and O–H groups in total. The van der Waals surface area contributed by atoms with E-state index in [-0.39, 0.29) is 17.4 Å². The second-order valence-electron chi connectivity index (χ2n) is 7.84. The summed E-state index contributed by atoms with van der Waals surface area (Å²) in [7, 11) is 0. The van der Waals surface area contributed by atoms with Crippen molar-refractivity contribution >= 4 is 18.1 Å². The Balaban J connectivity index is 2.19. The van der Waals surface area contributed by atoms with Crippen molar-refractivity contribution < 1.29 is 23.9 Å². The van der Waals surface area contributed by atoms with Gasteiger partial charge in [0.05, 0.1) is 12.2 Å². The predicted molar refractivity (Wildman–Crippen MR) is 91.3 cm³/mol. The second-order valence-corrected chi connectivity index (χ2v) is 7.84. The molecule has 2 atom stereocenters. The number of carbonyl (C=O) groups excluding carboxylic acids is 3. The van der Waals surface area contributed by atoms with Gasteiger partial charge in [-0.25, -0.2) is 15.0 Å². The molecule has 0 aromatic heterocycles. The first kappa shape index (κ1) is 19.3. The molecule has 1 fully saturated rings. The summed E-state index contributed by atoms with van der Waals surface area (Å²) in [4.78, 5) is 37.2. The zero-order valence-electron chi connectivity index (χ0n) is 15.8. The van der Waals surface area contributed by atoms with Crippen LogP contribution >= 0.6 is 0 Å². The van der Waals surface area contributed by atoms with E-state index < -0.39 is 24.2 Å². The van der Waals surface area contributed by atoms with Crippen LogP contribution in [-0.2, 0) is 14.3 Å². The highest BCUT2D eigenvalue weighted by atomic mass is 16.6. The van der Waals surface area contributed by atoms with Crippen LogP contribution in [0.3, 0.4) is 0 Å². The molecule has 3 amide bonds. The highest BCUT2D eigenvalue weighted by Crippen LogP contribution is 2.59. The molecule has 0 radical (unpaired) electrons. The Kier molecular flexibility index (Phi) is 5.44. The van der Waals surface area contributed by atoms with Crippen molar-refractivity contribution in [2.45, 2.75) is 66.6 Å². The third-order valence-corrected chi connectivity index (χ3v) is 4.98. The number of nitrogens with one attached hydrogen (secondary N) is 1. The van der Waals surface area contributed by atoms with Gasteiger partial charge in [0, 0.05) is 5.57 Å². The third kappa shape index (κ3) is 3.96. The number of carbonyl (C=O) groups is 3. The molecule has 0 saturated heterocycles. The van der Waals surface area contributed by atoms with Gasteiger partial charge in [0.15, 0.2) is 0 Å². The molecule has 3 aliphatic rings. The minimum absolute atomic E-state index is 0.0197. The van der Waals surface area contributed by atoms with Crippen LogP contribution in [0.4, 0.5) is 9.59 Å². The molecule has 140 valence electrons. The summed E-state index contributed by atoms with van der Waals surface area (Å²) in [5, 5.41) is 0.630. The van der Waals surface area contributed by atoms with E-state index in [1.807, 2.05) is 6.08 Å². The molecule has 3 aliphatic carbocycles. The molecule has 0 unspecified atom stereocenters. The first-order chi connectivity index (χ1) is 11.5. The van der Waals surface area contributed by atoms with E-state index in [2.05, 4.69) is 19.3 Å². The molecule has 7 nitrogen and oxygen atoms in total. The van der Waals surface area contributed by atoms with Crippen molar-refractivity contribution in [1.29, 1.82) is 0 Å². The largest absolute Gasteiger partial charge is 0.446 e. The first-order valence-electron chi connectivity index (χ1n) is 8.76. The molecule has 7 heteroatoms. The quantitative estimate of drug-likeness (QED) is 0.787. The van der Waals surface area contributed by atoms with E-state index in [4.69, 9.17) is 9.47 Å². The maximum atomic E-state index is 13.0. The number of hydrazine groups is 1. The van der Waals surface area contributed by atoms with E-state index in [1.54, 1.807) is 27.7 Å². The summed E-state index contributed by atoms with van der Waals surface area (Å²) in [6.45, 7) is 11.0. The van der Waals surface area contributed by atoms with Gasteiger partial charge in [0.2, 0.25) is 0 Å². The number of rotatable bonds is 3. The van der Waals surface area contributed by atoms with Gasteiger partial charge in [0.1, 0.15) is 0 Å². The third-order valence-electron chi connectivity index (χ3n) is 4.98. The Morgan fingerprint density at radius 1 is 1.16 bits per heavy atom. The lowest BCUT2D eigenvalue weighted by molar-refractivity contribution is -0.132. The molecular formula is C18H28N2O5. The van der Waals surface area contributed by atoms with Crippen LogP contribution in [0, 0.1) is 17.3 Å². The van der Waals surface area contributed by atoms with Crippen LogP contribution < -0.4 is 5.43 Å². The fourth-order valence-electron chi connectivity index (χ4n) is 3.49. The summed E-state index contributed by atoms with van der Waals surface area (Å²) in [6.07, 6.45) is 1.01. The van der Waals surface area contributed by atoms with Crippen LogP contribution in [0.1, 0.15) is 54.4 Å². The molecule has 1 saturated carbocycles. The van der Waals surface area contributed by atoms with Gasteiger partial charge in [-0.2, -0.15) is 0 Å². The number of allylic oxidation sites excluding steroid dienone is 1. The van der Waals surface area contributed by atoms with Crippen molar-refractivity contribution in [3.63, 3.8) is 0 Å². The standard InChI is InChI=1S/C18H28N2O5/c1-10(2)24-16(22)19-20(17(23)25-11(3)4)15(21)13-8-7-12-9-14(13)18(12,5)6/h8,10-12,14H,7,9H2,1-6H3,(H,19,22)/t12-,14-/m0/s1. The molecule has 0 aliphatic heterocycles. The van der Waals surface area contributed by atoms with Crippen LogP contribution in [0.2, 0.25) is 0 Å². The zero-order valence-corrected chi connectivity index (χ0v) is 15.8. The topological polar surface area (TPSA) is 84.9 Å². The van der Waals surface area contributed by atoms with E-state index in [9.17, 15) is 14.4 Å². The van der Waals surface area contributed by atoms with Crippen molar-refractivity contribution in [1.82, 2.24) is 10.4 Å². The maximum absolute atomic E-state index is 13.0. The van der Waals surface area contributed by atoms with Crippen LogP contribution in [-0.4, -0.2) is 35.3 Å². The van der Waals surface area contributed by atoms with E-state index in [0.29, 0.717) is 16.5 Å². The Morgan fingerprint density at radius 2 is 1.76 bits per heavy atom. The van der Waals surface area contributed by atoms with Gasteiger partial charge in [0.25, 0.3) is 5.91 Å². The Bertz CT molecular complexity index is 594. The number of ether oxygens (including phenoxy) is 2. The van der Waals surface area contributed by atoms with Gasteiger partial charge in [-0.15, -0.1) is 5.01 Å². The second kappa shape index (κ2) is 7.06. The number of hydrogen-bond acceptors (Lipinski definition) is 5. The molecule has 0 spiro atoms. The molecule has 25 heavy (non-hydrogen) atoms. The lowest BCUT2D eigenvalue weighted by Gasteiger charge is -2.56. The molecule has 0 heterocycles. The molecule has 0 aromatic carbocycles. The van der Waals surface area contributed by atoms with Crippen molar-refractivity contribution in [3.05, 3.63) is 11.6 Å². The van der Waals surface area contributed by atoms with Gasteiger partial charge in [-0.05, 0) is 57.8 Å². The van der Waals surface area contributed by atoms with Crippen molar-refractivity contribution in [3.8, 4) is 0 Å². The van der Waals surface area contributed by atoms with Gasteiger partial charge < -0.3 is 9.47 Å². The fourth-order valence-corrected chi connectivity index (χ4v) is 3.49. The highest BCUT2D eigenvalue weighted by molar-refractivity contribution is 6.04. The summed E-state index contributed by atoms with van der Waals surface area (Å²) < 4.78 is 10.1. The van der Waals surface area contributed by atoms with Crippen LogP contribution in [0.25, 0.3) is 0 Å². The predicted octanol–water partition coefficient (Wildman–Crippen LogP) is 3.40. The van der Waals surface area contributed by atoms with Crippen molar-refractivity contribution in [2.24, 2.45) is 17.3 Å². The molecule has 0 aromatic rings. The van der Waals surface area contributed by atoms with Crippen molar-refractivity contribution in [2.75, 3.05) is 0 Å². The number of imide groups is 1. The number of nitrogens with zero attached hydrogens (tertiary/aromatic N) is 1. The van der Waals surface area contributed by atoms with Gasteiger partial charge >= 0.3 is 12.2 Å². The monoisotopic (exact) mass is 352 g/mol. The lowest BCUT2D eigenvalue weighted by Crippen LogP contribution is -2.56. The average molecular weight is 352 g/mol. The van der Waals surface area contributed by atoms with Gasteiger partial charge in [-0.1, -0.05) is 19.9 Å². The summed E-state index contributed by atoms with van der Waals surface area (Å²) in [5.74, 6) is 0.0857. The SMILES string of the molecule is CC(C)OC(=O)NN(C(=O)OC(C)C)C(=O)C1=CC[C@H]2C[C@@H]1C2(C)C. The fraction of sp³-hybridized carbons (Fsp3) is 0.722. The normalized spacial score (nSPS) is 23.4. The minimum Gasteiger partial charge on any atom is -0.446 e. The minimum atomic E-state index is -0.916. The molecule has 3 rings (SSSR count).